The van der Waals surface area contributed by atoms with Crippen molar-refractivity contribution in [2.75, 3.05) is 14.2 Å². The number of benzene rings is 1. The minimum Gasteiger partial charge on any atom is -0.497 e. The molecule has 1 aromatic carbocycles. The van der Waals surface area contributed by atoms with Crippen molar-refractivity contribution in [3.05, 3.63) is 46.2 Å². The highest BCUT2D eigenvalue weighted by molar-refractivity contribution is 7.10. The number of ether oxygens (including phenoxy) is 2. The van der Waals surface area contributed by atoms with Crippen LogP contribution in [0, 0.1) is 0 Å². The van der Waals surface area contributed by atoms with Gasteiger partial charge in [0.15, 0.2) is 0 Å². The van der Waals surface area contributed by atoms with E-state index in [2.05, 4.69) is 10.6 Å². The van der Waals surface area contributed by atoms with Gasteiger partial charge in [-0.3, -0.25) is 9.59 Å². The van der Waals surface area contributed by atoms with Gasteiger partial charge < -0.3 is 20.1 Å². The summed E-state index contributed by atoms with van der Waals surface area (Å²) < 4.78 is 10.6. The molecular weight excluding hydrogens is 352 g/mol. The maximum absolute atomic E-state index is 12.5. The van der Waals surface area contributed by atoms with E-state index < -0.39 is 0 Å². The lowest BCUT2D eigenvalue weighted by Crippen LogP contribution is -2.33. The monoisotopic (exact) mass is 376 g/mol. The molecule has 1 heterocycles. The van der Waals surface area contributed by atoms with E-state index in [4.69, 9.17) is 9.47 Å². The van der Waals surface area contributed by atoms with Crippen molar-refractivity contribution in [3.8, 4) is 11.5 Å². The summed E-state index contributed by atoms with van der Waals surface area (Å²) in [5.41, 5.74) is 0.826. The van der Waals surface area contributed by atoms with E-state index in [1.165, 1.54) is 18.3 Å². The highest BCUT2D eigenvalue weighted by Crippen LogP contribution is 2.29. The third-order valence-electron chi connectivity index (χ3n) is 3.93. The summed E-state index contributed by atoms with van der Waals surface area (Å²) in [6, 6.07) is 8.65. The lowest BCUT2D eigenvalue weighted by atomic mass is 10.1. The van der Waals surface area contributed by atoms with E-state index in [0.717, 1.165) is 10.4 Å². The van der Waals surface area contributed by atoms with E-state index in [9.17, 15) is 9.59 Å². The average Bonchev–Trinajstić information content (AvgIpc) is 3.14. The van der Waals surface area contributed by atoms with Crippen molar-refractivity contribution in [1.82, 2.24) is 10.6 Å². The summed E-state index contributed by atoms with van der Waals surface area (Å²) >= 11 is 1.51. The number of amides is 2. The Morgan fingerprint density at radius 3 is 2.50 bits per heavy atom. The Labute approximate surface area is 157 Å². The van der Waals surface area contributed by atoms with Gasteiger partial charge in [-0.05, 0) is 36.6 Å². The van der Waals surface area contributed by atoms with Gasteiger partial charge in [0, 0.05) is 17.4 Å². The SMILES string of the molecule is COc1ccc(OC)c(C(C)NC(=O)CC(NC(C)=O)c2cccs2)c1. The molecule has 0 aliphatic heterocycles. The van der Waals surface area contributed by atoms with E-state index in [1.807, 2.05) is 36.6 Å². The van der Waals surface area contributed by atoms with Crippen molar-refractivity contribution in [2.45, 2.75) is 32.4 Å². The predicted molar refractivity (Wildman–Crippen MR) is 102 cm³/mol. The van der Waals surface area contributed by atoms with E-state index >= 15 is 0 Å². The van der Waals surface area contributed by atoms with Gasteiger partial charge in [0.2, 0.25) is 11.8 Å². The molecule has 2 aromatic rings. The second kappa shape index (κ2) is 9.24. The maximum atomic E-state index is 12.5. The lowest BCUT2D eigenvalue weighted by molar-refractivity contribution is -0.123. The molecule has 7 heteroatoms. The minimum absolute atomic E-state index is 0.158. The molecule has 6 nitrogen and oxygen atoms in total. The fourth-order valence-corrected chi connectivity index (χ4v) is 3.48. The highest BCUT2D eigenvalue weighted by atomic mass is 32.1. The van der Waals surface area contributed by atoms with Gasteiger partial charge in [-0.1, -0.05) is 6.07 Å². The number of thiophene rings is 1. The molecule has 0 bridgehead atoms. The van der Waals surface area contributed by atoms with Gasteiger partial charge in [-0.15, -0.1) is 11.3 Å². The number of carbonyl (C=O) groups is 2. The molecule has 0 aliphatic rings. The Morgan fingerprint density at radius 2 is 1.92 bits per heavy atom. The largest absolute Gasteiger partial charge is 0.497 e. The van der Waals surface area contributed by atoms with Crippen LogP contribution in [0.1, 0.15) is 42.8 Å². The first-order valence-electron chi connectivity index (χ1n) is 8.26. The number of nitrogens with one attached hydrogen (secondary N) is 2. The van der Waals surface area contributed by atoms with Crippen LogP contribution in [0.4, 0.5) is 0 Å². The zero-order chi connectivity index (χ0) is 19.1. The molecule has 2 atom stereocenters. The Hall–Kier alpha value is -2.54. The molecule has 140 valence electrons. The first-order chi connectivity index (χ1) is 12.4. The zero-order valence-electron chi connectivity index (χ0n) is 15.4. The van der Waals surface area contributed by atoms with E-state index in [0.29, 0.717) is 11.5 Å². The Balaban J connectivity index is 2.09. The van der Waals surface area contributed by atoms with Crippen molar-refractivity contribution < 1.29 is 19.1 Å². The minimum atomic E-state index is -0.341. The van der Waals surface area contributed by atoms with Gasteiger partial charge in [0.05, 0.1) is 32.7 Å². The molecule has 26 heavy (non-hydrogen) atoms. The van der Waals surface area contributed by atoms with Crippen LogP contribution in [-0.2, 0) is 9.59 Å². The molecule has 0 aliphatic carbocycles. The topological polar surface area (TPSA) is 76.7 Å². The molecule has 2 amide bonds. The standard InChI is InChI=1S/C19H24N2O4S/c1-12(15-10-14(24-3)7-8-17(15)25-4)20-19(23)11-16(21-13(2)22)18-6-5-9-26-18/h5-10,12,16H,11H2,1-4H3,(H,20,23)(H,21,22). The van der Waals surface area contributed by atoms with Crippen molar-refractivity contribution in [3.63, 3.8) is 0 Å². The van der Waals surface area contributed by atoms with Crippen LogP contribution in [0.3, 0.4) is 0 Å². The number of carbonyl (C=O) groups excluding carboxylic acids is 2. The van der Waals surface area contributed by atoms with Crippen molar-refractivity contribution in [1.29, 1.82) is 0 Å². The average molecular weight is 376 g/mol. The normalized spacial score (nSPS) is 12.8. The quantitative estimate of drug-likeness (QED) is 0.742. The Morgan fingerprint density at radius 1 is 1.15 bits per heavy atom. The molecule has 0 radical (unpaired) electrons. The number of hydrogen-bond acceptors (Lipinski definition) is 5. The molecule has 0 spiro atoms. The molecule has 0 saturated heterocycles. The van der Waals surface area contributed by atoms with Crippen LogP contribution in [0.2, 0.25) is 0 Å². The van der Waals surface area contributed by atoms with Gasteiger partial charge in [0.25, 0.3) is 0 Å². The molecular formula is C19H24N2O4S. The van der Waals surface area contributed by atoms with Crippen LogP contribution < -0.4 is 20.1 Å². The molecule has 1 aromatic heterocycles. The second-order valence-corrected chi connectivity index (χ2v) is 6.85. The number of rotatable bonds is 8. The lowest BCUT2D eigenvalue weighted by Gasteiger charge is -2.21. The van der Waals surface area contributed by atoms with E-state index in [-0.39, 0.29) is 30.3 Å². The third-order valence-corrected chi connectivity index (χ3v) is 4.92. The fourth-order valence-electron chi connectivity index (χ4n) is 2.70. The van der Waals surface area contributed by atoms with Gasteiger partial charge in [-0.25, -0.2) is 0 Å². The first kappa shape index (κ1) is 19.8. The smallest absolute Gasteiger partial charge is 0.222 e. The van der Waals surface area contributed by atoms with Crippen LogP contribution in [0.5, 0.6) is 11.5 Å². The van der Waals surface area contributed by atoms with Crippen LogP contribution >= 0.6 is 11.3 Å². The van der Waals surface area contributed by atoms with E-state index in [1.54, 1.807) is 20.3 Å². The predicted octanol–water partition coefficient (Wildman–Crippen LogP) is 3.21. The third kappa shape index (κ3) is 5.23. The fraction of sp³-hybridized carbons (Fsp3) is 0.368. The summed E-state index contributed by atoms with van der Waals surface area (Å²) in [7, 11) is 3.18. The molecule has 2 unspecified atom stereocenters. The van der Waals surface area contributed by atoms with Gasteiger partial charge >= 0.3 is 0 Å². The number of hydrogen-bond donors (Lipinski definition) is 2. The van der Waals surface area contributed by atoms with Gasteiger partial charge in [-0.2, -0.15) is 0 Å². The Bertz CT molecular complexity index is 746. The number of methoxy groups -OCH3 is 2. The highest BCUT2D eigenvalue weighted by Gasteiger charge is 2.21. The van der Waals surface area contributed by atoms with Crippen molar-refractivity contribution >= 4 is 23.2 Å². The molecule has 2 rings (SSSR count). The molecule has 0 saturated carbocycles. The Kier molecular flexibility index (Phi) is 7.03. The van der Waals surface area contributed by atoms with Crippen LogP contribution in [0.25, 0.3) is 0 Å². The summed E-state index contributed by atoms with van der Waals surface area (Å²) in [4.78, 5) is 24.9. The van der Waals surface area contributed by atoms with Crippen LogP contribution in [0.15, 0.2) is 35.7 Å². The van der Waals surface area contributed by atoms with Crippen LogP contribution in [-0.4, -0.2) is 26.0 Å². The maximum Gasteiger partial charge on any atom is 0.222 e. The first-order valence-corrected chi connectivity index (χ1v) is 9.14. The molecule has 2 N–H and O–H groups in total. The van der Waals surface area contributed by atoms with Gasteiger partial charge in [0.1, 0.15) is 11.5 Å². The summed E-state index contributed by atoms with van der Waals surface area (Å²) in [5, 5.41) is 7.72. The zero-order valence-corrected chi connectivity index (χ0v) is 16.2. The molecule has 0 fully saturated rings. The summed E-state index contributed by atoms with van der Waals surface area (Å²) in [6.45, 7) is 3.33. The summed E-state index contributed by atoms with van der Waals surface area (Å²) in [5.74, 6) is 1.04. The summed E-state index contributed by atoms with van der Waals surface area (Å²) in [6.07, 6.45) is 0.163. The van der Waals surface area contributed by atoms with Crippen molar-refractivity contribution in [2.24, 2.45) is 0 Å². The second-order valence-electron chi connectivity index (χ2n) is 5.87.